The SMILES string of the molecule is CC(CN)N(C)C(=O)CN1C(=O)C2C3CCC(O3)C2C1=O. The van der Waals surface area contributed by atoms with Gasteiger partial charge in [-0.25, -0.2) is 0 Å². The fraction of sp³-hybridized carbons (Fsp3) is 0.786. The van der Waals surface area contributed by atoms with Crippen LogP contribution >= 0.6 is 0 Å². The maximum absolute atomic E-state index is 12.4. The van der Waals surface area contributed by atoms with E-state index in [0.29, 0.717) is 6.54 Å². The Morgan fingerprint density at radius 2 is 1.86 bits per heavy atom. The van der Waals surface area contributed by atoms with E-state index < -0.39 is 0 Å². The molecule has 3 aliphatic rings. The lowest BCUT2D eigenvalue weighted by Gasteiger charge is -2.26. The third-order valence-electron chi connectivity index (χ3n) is 5.06. The van der Waals surface area contributed by atoms with Crippen LogP contribution in [0, 0.1) is 11.8 Å². The Labute approximate surface area is 123 Å². The first kappa shape index (κ1) is 14.5. The molecule has 0 saturated carbocycles. The minimum Gasteiger partial charge on any atom is -0.373 e. The van der Waals surface area contributed by atoms with Crippen LogP contribution < -0.4 is 5.73 Å². The molecule has 0 aromatic carbocycles. The third kappa shape index (κ3) is 2.06. The highest BCUT2D eigenvalue weighted by Gasteiger charge is 2.62. The molecule has 0 aromatic heterocycles. The van der Waals surface area contributed by atoms with Crippen molar-refractivity contribution in [2.24, 2.45) is 17.6 Å². The van der Waals surface area contributed by atoms with Gasteiger partial charge in [0.2, 0.25) is 17.7 Å². The molecule has 0 aliphatic carbocycles. The number of imide groups is 1. The predicted octanol–water partition coefficient (Wildman–Crippen LogP) is -1.05. The molecule has 5 unspecified atom stereocenters. The second kappa shape index (κ2) is 5.06. The number of fused-ring (bicyclic) bond motifs is 5. The van der Waals surface area contributed by atoms with Gasteiger partial charge in [0.05, 0.1) is 24.0 Å². The van der Waals surface area contributed by atoms with Crippen LogP contribution in [-0.2, 0) is 19.1 Å². The lowest BCUT2D eigenvalue weighted by Crippen LogP contribution is -2.47. The molecule has 2 N–H and O–H groups in total. The summed E-state index contributed by atoms with van der Waals surface area (Å²) in [5.74, 6) is -1.51. The van der Waals surface area contributed by atoms with Crippen molar-refractivity contribution in [2.45, 2.75) is 38.0 Å². The Morgan fingerprint density at radius 3 is 2.33 bits per heavy atom. The molecule has 21 heavy (non-hydrogen) atoms. The molecule has 3 saturated heterocycles. The second-order valence-electron chi connectivity index (χ2n) is 6.19. The van der Waals surface area contributed by atoms with Crippen LogP contribution in [0.1, 0.15) is 19.8 Å². The molecule has 7 nitrogen and oxygen atoms in total. The molecule has 3 aliphatic heterocycles. The maximum atomic E-state index is 12.4. The van der Waals surface area contributed by atoms with E-state index in [1.54, 1.807) is 7.05 Å². The van der Waals surface area contributed by atoms with Gasteiger partial charge in [0.25, 0.3) is 0 Å². The van der Waals surface area contributed by atoms with Gasteiger partial charge in [-0.05, 0) is 19.8 Å². The minimum atomic E-state index is -0.374. The Hall–Kier alpha value is -1.47. The maximum Gasteiger partial charge on any atom is 0.242 e. The van der Waals surface area contributed by atoms with Gasteiger partial charge in [-0.1, -0.05) is 0 Å². The van der Waals surface area contributed by atoms with E-state index in [9.17, 15) is 14.4 Å². The average molecular weight is 295 g/mol. The summed E-state index contributed by atoms with van der Waals surface area (Å²) in [6.45, 7) is 1.98. The predicted molar refractivity (Wildman–Crippen MR) is 72.9 cm³/mol. The summed E-state index contributed by atoms with van der Waals surface area (Å²) in [7, 11) is 1.64. The lowest BCUT2D eigenvalue weighted by atomic mass is 9.81. The van der Waals surface area contributed by atoms with Gasteiger partial charge in [0.1, 0.15) is 6.54 Å². The summed E-state index contributed by atoms with van der Waals surface area (Å²) in [6, 6.07) is -0.121. The molecule has 116 valence electrons. The second-order valence-corrected chi connectivity index (χ2v) is 6.19. The van der Waals surface area contributed by atoms with E-state index in [1.165, 1.54) is 4.90 Å². The summed E-state index contributed by atoms with van der Waals surface area (Å²) in [6.07, 6.45) is 1.38. The number of carbonyl (C=O) groups excluding carboxylic acids is 3. The monoisotopic (exact) mass is 295 g/mol. The molecule has 3 fully saturated rings. The number of hydrogen-bond donors (Lipinski definition) is 1. The summed E-state index contributed by atoms with van der Waals surface area (Å²) < 4.78 is 5.66. The number of likely N-dealkylation sites (tertiary alicyclic amines) is 1. The van der Waals surface area contributed by atoms with Gasteiger partial charge in [-0.15, -0.1) is 0 Å². The Morgan fingerprint density at radius 1 is 1.33 bits per heavy atom. The number of likely N-dealkylation sites (N-methyl/N-ethyl adjacent to an activating group) is 1. The Bertz CT molecular complexity index is 467. The standard InChI is InChI=1S/C14H21N3O4/c1-7(5-15)16(2)10(18)6-17-13(19)11-8-3-4-9(21-8)12(11)14(17)20/h7-9,11-12H,3-6,15H2,1-2H3. The van der Waals surface area contributed by atoms with Crippen molar-refractivity contribution in [2.75, 3.05) is 20.1 Å². The average Bonchev–Trinajstić information content (AvgIpc) is 3.15. The number of amides is 3. The molecule has 2 bridgehead atoms. The van der Waals surface area contributed by atoms with Crippen molar-refractivity contribution in [1.29, 1.82) is 0 Å². The smallest absolute Gasteiger partial charge is 0.242 e. The van der Waals surface area contributed by atoms with Crippen molar-refractivity contribution >= 4 is 17.7 Å². The zero-order chi connectivity index (χ0) is 15.3. The zero-order valence-electron chi connectivity index (χ0n) is 12.3. The molecule has 3 heterocycles. The number of carbonyl (C=O) groups is 3. The van der Waals surface area contributed by atoms with E-state index in [2.05, 4.69) is 0 Å². The first-order chi connectivity index (χ1) is 9.95. The van der Waals surface area contributed by atoms with Gasteiger partial charge in [-0.2, -0.15) is 0 Å². The normalized spacial score (nSPS) is 35.3. The van der Waals surface area contributed by atoms with E-state index in [4.69, 9.17) is 10.5 Å². The molecule has 0 aromatic rings. The molecule has 7 heteroatoms. The van der Waals surface area contributed by atoms with Gasteiger partial charge in [0, 0.05) is 19.6 Å². The largest absolute Gasteiger partial charge is 0.373 e. The van der Waals surface area contributed by atoms with Crippen molar-refractivity contribution in [3.63, 3.8) is 0 Å². The van der Waals surface area contributed by atoms with E-state index in [-0.39, 0.29) is 54.4 Å². The molecule has 0 radical (unpaired) electrons. The highest BCUT2D eigenvalue weighted by Crippen LogP contribution is 2.48. The van der Waals surface area contributed by atoms with Crippen molar-refractivity contribution in [3.05, 3.63) is 0 Å². The Kier molecular flexibility index (Phi) is 3.49. The first-order valence-corrected chi connectivity index (χ1v) is 7.42. The highest BCUT2D eigenvalue weighted by atomic mass is 16.5. The van der Waals surface area contributed by atoms with E-state index >= 15 is 0 Å². The minimum absolute atomic E-state index is 0.121. The van der Waals surface area contributed by atoms with Gasteiger partial charge >= 0.3 is 0 Å². The van der Waals surface area contributed by atoms with E-state index in [0.717, 1.165) is 17.7 Å². The van der Waals surface area contributed by atoms with Crippen molar-refractivity contribution in [3.8, 4) is 0 Å². The molecule has 3 rings (SSSR count). The third-order valence-corrected chi connectivity index (χ3v) is 5.06. The molecule has 3 amide bonds. The number of nitrogens with two attached hydrogens (primary N) is 1. The first-order valence-electron chi connectivity index (χ1n) is 7.42. The summed E-state index contributed by atoms with van der Waals surface area (Å²) in [5.41, 5.74) is 5.54. The van der Waals surface area contributed by atoms with Crippen LogP contribution in [0.4, 0.5) is 0 Å². The number of rotatable bonds is 4. The topological polar surface area (TPSA) is 92.9 Å². The van der Waals surface area contributed by atoms with Crippen LogP contribution in [0.25, 0.3) is 0 Å². The number of hydrogen-bond acceptors (Lipinski definition) is 5. The molecular weight excluding hydrogens is 274 g/mol. The number of ether oxygens (including phenoxy) is 1. The lowest BCUT2D eigenvalue weighted by molar-refractivity contribution is -0.148. The summed E-state index contributed by atoms with van der Waals surface area (Å²) in [5, 5.41) is 0. The van der Waals surface area contributed by atoms with E-state index in [1.807, 2.05) is 6.92 Å². The van der Waals surface area contributed by atoms with Gasteiger partial charge in [-0.3, -0.25) is 19.3 Å². The van der Waals surface area contributed by atoms with Crippen LogP contribution in [0.2, 0.25) is 0 Å². The molecular formula is C14H21N3O4. The molecule has 5 atom stereocenters. The van der Waals surface area contributed by atoms with Crippen LogP contribution in [0.15, 0.2) is 0 Å². The fourth-order valence-corrected chi connectivity index (χ4v) is 3.58. The summed E-state index contributed by atoms with van der Waals surface area (Å²) in [4.78, 5) is 39.6. The fourth-order valence-electron chi connectivity index (χ4n) is 3.58. The number of nitrogens with zero attached hydrogens (tertiary/aromatic N) is 2. The van der Waals surface area contributed by atoms with Crippen molar-refractivity contribution < 1.29 is 19.1 Å². The van der Waals surface area contributed by atoms with Gasteiger partial charge < -0.3 is 15.4 Å². The highest BCUT2D eigenvalue weighted by molar-refractivity contribution is 6.08. The van der Waals surface area contributed by atoms with Crippen molar-refractivity contribution in [1.82, 2.24) is 9.80 Å². The van der Waals surface area contributed by atoms with Crippen LogP contribution in [0.3, 0.4) is 0 Å². The van der Waals surface area contributed by atoms with Crippen LogP contribution in [-0.4, -0.2) is 65.9 Å². The summed E-state index contributed by atoms with van der Waals surface area (Å²) >= 11 is 0. The van der Waals surface area contributed by atoms with Crippen LogP contribution in [0.5, 0.6) is 0 Å². The quantitative estimate of drug-likeness (QED) is 0.668. The molecule has 0 spiro atoms. The Balaban J connectivity index is 1.71. The van der Waals surface area contributed by atoms with Gasteiger partial charge in [0.15, 0.2) is 0 Å². The zero-order valence-corrected chi connectivity index (χ0v) is 12.3.